The molecule has 0 spiro atoms. The van der Waals surface area contributed by atoms with Crippen molar-refractivity contribution >= 4 is 0 Å². The first-order chi connectivity index (χ1) is 15.3. The molecule has 0 unspecified atom stereocenters. The van der Waals surface area contributed by atoms with Gasteiger partial charge in [-0.05, 0) is 92.7 Å². The average Bonchev–Trinajstić information content (AvgIpc) is 3.31. The fourth-order valence-electron chi connectivity index (χ4n) is 5.74. The van der Waals surface area contributed by atoms with Crippen LogP contribution in [0.1, 0.15) is 72.7 Å². The summed E-state index contributed by atoms with van der Waals surface area (Å²) in [6.45, 7) is 6.80. The Labute approximate surface area is 187 Å². The molecule has 0 amide bonds. The minimum Gasteiger partial charge on any atom is -0.494 e. The van der Waals surface area contributed by atoms with Gasteiger partial charge in [-0.2, -0.15) is 0 Å². The summed E-state index contributed by atoms with van der Waals surface area (Å²) in [7, 11) is 0. The molecule has 3 heteroatoms. The number of terminal acetylenes is 1. The van der Waals surface area contributed by atoms with Crippen molar-refractivity contribution in [2.75, 3.05) is 39.3 Å². The van der Waals surface area contributed by atoms with E-state index in [4.69, 9.17) is 11.2 Å². The second kappa shape index (κ2) is 9.47. The Morgan fingerprint density at radius 2 is 1.77 bits per heavy atom. The summed E-state index contributed by atoms with van der Waals surface area (Å²) in [6.07, 6.45) is 13.3. The molecular weight excluding hydrogens is 380 g/mol. The zero-order valence-corrected chi connectivity index (χ0v) is 18.6. The summed E-state index contributed by atoms with van der Waals surface area (Å²) in [5.41, 5.74) is 5.26. The molecule has 0 aromatic heterocycles. The lowest BCUT2D eigenvalue weighted by atomic mass is 9.81. The number of nitrogens with zero attached hydrogens (tertiary/aromatic N) is 2. The summed E-state index contributed by atoms with van der Waals surface area (Å²) in [5.74, 6) is 4.18. The van der Waals surface area contributed by atoms with E-state index in [1.807, 2.05) is 0 Å². The first kappa shape index (κ1) is 20.6. The molecule has 2 saturated heterocycles. The maximum Gasteiger partial charge on any atom is 0.119 e. The lowest BCUT2D eigenvalue weighted by Gasteiger charge is -2.37. The molecule has 2 atom stereocenters. The van der Waals surface area contributed by atoms with E-state index >= 15 is 0 Å². The fraction of sp³-hybridized carbons (Fsp3) is 0.500. The Hall–Kier alpha value is -2.28. The van der Waals surface area contributed by atoms with E-state index in [1.165, 1.54) is 68.4 Å². The van der Waals surface area contributed by atoms with Crippen LogP contribution in [0.25, 0.3) is 0 Å². The quantitative estimate of drug-likeness (QED) is 0.477. The number of piperidine rings is 1. The first-order valence-corrected chi connectivity index (χ1v) is 12.1. The van der Waals surface area contributed by atoms with E-state index in [1.54, 1.807) is 0 Å². The van der Waals surface area contributed by atoms with Crippen molar-refractivity contribution in [3.8, 4) is 18.1 Å². The predicted molar refractivity (Wildman–Crippen MR) is 127 cm³/mol. The van der Waals surface area contributed by atoms with Gasteiger partial charge in [0.1, 0.15) is 5.75 Å². The minimum absolute atomic E-state index is 0.407. The van der Waals surface area contributed by atoms with Crippen molar-refractivity contribution < 1.29 is 4.74 Å². The largest absolute Gasteiger partial charge is 0.494 e. The van der Waals surface area contributed by atoms with Gasteiger partial charge < -0.3 is 9.64 Å². The highest BCUT2D eigenvalue weighted by atomic mass is 16.5. The van der Waals surface area contributed by atoms with Crippen LogP contribution in [-0.2, 0) is 0 Å². The molecule has 3 aliphatic rings. The molecule has 0 saturated carbocycles. The molecule has 0 N–H and O–H groups in total. The maximum absolute atomic E-state index is 6.22. The molecule has 3 aliphatic heterocycles. The second-order valence-corrected chi connectivity index (χ2v) is 9.37. The van der Waals surface area contributed by atoms with Crippen LogP contribution in [0.5, 0.6) is 5.75 Å². The summed E-state index contributed by atoms with van der Waals surface area (Å²) >= 11 is 0. The first-order valence-electron chi connectivity index (χ1n) is 12.1. The van der Waals surface area contributed by atoms with Gasteiger partial charge in [0, 0.05) is 30.6 Å². The van der Waals surface area contributed by atoms with E-state index in [9.17, 15) is 0 Å². The molecule has 31 heavy (non-hydrogen) atoms. The van der Waals surface area contributed by atoms with Crippen LogP contribution >= 0.6 is 0 Å². The van der Waals surface area contributed by atoms with Gasteiger partial charge in [0.05, 0.1) is 6.61 Å². The monoisotopic (exact) mass is 414 g/mol. The summed E-state index contributed by atoms with van der Waals surface area (Å²) in [4.78, 5) is 5.26. The highest BCUT2D eigenvalue weighted by Gasteiger charge is 2.36. The van der Waals surface area contributed by atoms with Gasteiger partial charge in [-0.25, -0.2) is 0 Å². The number of hydrogen-bond acceptors (Lipinski definition) is 3. The van der Waals surface area contributed by atoms with Crippen molar-refractivity contribution in [1.82, 2.24) is 9.80 Å². The van der Waals surface area contributed by atoms with E-state index in [0.29, 0.717) is 12.0 Å². The standard InChI is InChI=1S/C28H34N2O/c1-2-22-9-11-23(12-10-22)27-21-30-18-6-8-28(30)26-20-24(13-14-25(26)27)31-19-7-17-29-15-4-3-5-16-29/h1,9-14,20,27-28H,3-8,15-19,21H2/t27-,28+/m1/s1. The Bertz CT molecular complexity index is 923. The maximum atomic E-state index is 6.22. The highest BCUT2D eigenvalue weighted by Crippen LogP contribution is 2.45. The Morgan fingerprint density at radius 3 is 2.58 bits per heavy atom. The lowest BCUT2D eigenvalue weighted by molar-refractivity contribution is 0.204. The molecule has 3 nitrogen and oxygen atoms in total. The van der Waals surface area contributed by atoms with Gasteiger partial charge in [-0.1, -0.05) is 30.5 Å². The number of hydrogen-bond donors (Lipinski definition) is 0. The van der Waals surface area contributed by atoms with Crippen LogP contribution in [0.3, 0.4) is 0 Å². The second-order valence-electron chi connectivity index (χ2n) is 9.37. The average molecular weight is 415 g/mol. The van der Waals surface area contributed by atoms with Gasteiger partial charge in [-0.3, -0.25) is 4.90 Å². The fourth-order valence-corrected chi connectivity index (χ4v) is 5.74. The Balaban J connectivity index is 1.30. The van der Waals surface area contributed by atoms with E-state index < -0.39 is 0 Å². The van der Waals surface area contributed by atoms with Gasteiger partial charge in [0.2, 0.25) is 0 Å². The van der Waals surface area contributed by atoms with E-state index in [0.717, 1.165) is 37.4 Å². The molecule has 0 radical (unpaired) electrons. The van der Waals surface area contributed by atoms with Crippen molar-refractivity contribution in [2.24, 2.45) is 0 Å². The SMILES string of the molecule is C#Cc1ccc([C@H]2CN3CCC[C@H]3c3cc(OCCCN4CCCCC4)ccc32)cc1. The predicted octanol–water partition coefficient (Wildman–Crippen LogP) is 5.21. The normalized spacial score (nSPS) is 23.7. The van der Waals surface area contributed by atoms with E-state index in [-0.39, 0.29) is 0 Å². The molecule has 5 rings (SSSR count). The van der Waals surface area contributed by atoms with Crippen LogP contribution in [0, 0.1) is 12.3 Å². The summed E-state index contributed by atoms with van der Waals surface area (Å²) in [5, 5.41) is 0. The van der Waals surface area contributed by atoms with Crippen molar-refractivity contribution in [3.63, 3.8) is 0 Å². The van der Waals surface area contributed by atoms with Crippen LogP contribution in [0.15, 0.2) is 42.5 Å². The summed E-state index contributed by atoms with van der Waals surface area (Å²) < 4.78 is 6.22. The molecule has 0 bridgehead atoms. The molecule has 2 aromatic rings. The number of fused-ring (bicyclic) bond motifs is 3. The zero-order chi connectivity index (χ0) is 21.0. The zero-order valence-electron chi connectivity index (χ0n) is 18.6. The lowest BCUT2D eigenvalue weighted by Crippen LogP contribution is -2.34. The molecular formula is C28H34N2O. The van der Waals surface area contributed by atoms with Crippen molar-refractivity contribution in [1.29, 1.82) is 0 Å². The van der Waals surface area contributed by atoms with Crippen LogP contribution in [-0.4, -0.2) is 49.1 Å². The number of likely N-dealkylation sites (tertiary alicyclic amines) is 1. The van der Waals surface area contributed by atoms with Crippen LogP contribution < -0.4 is 4.74 Å². The van der Waals surface area contributed by atoms with Crippen LogP contribution in [0.4, 0.5) is 0 Å². The van der Waals surface area contributed by atoms with Gasteiger partial charge in [0.25, 0.3) is 0 Å². The third-order valence-corrected chi connectivity index (χ3v) is 7.39. The molecule has 2 aromatic carbocycles. The van der Waals surface area contributed by atoms with Gasteiger partial charge in [0.15, 0.2) is 0 Å². The van der Waals surface area contributed by atoms with E-state index in [2.05, 4.69) is 58.2 Å². The van der Waals surface area contributed by atoms with Gasteiger partial charge >= 0.3 is 0 Å². The number of rotatable bonds is 6. The number of benzene rings is 2. The molecule has 3 heterocycles. The molecule has 0 aliphatic carbocycles. The molecule has 162 valence electrons. The third-order valence-electron chi connectivity index (χ3n) is 7.39. The van der Waals surface area contributed by atoms with Crippen molar-refractivity contribution in [3.05, 3.63) is 64.7 Å². The smallest absolute Gasteiger partial charge is 0.119 e. The van der Waals surface area contributed by atoms with Crippen LogP contribution in [0.2, 0.25) is 0 Å². The van der Waals surface area contributed by atoms with Gasteiger partial charge in [-0.15, -0.1) is 6.42 Å². The summed E-state index contributed by atoms with van der Waals surface area (Å²) in [6, 6.07) is 16.0. The topological polar surface area (TPSA) is 15.7 Å². The third kappa shape index (κ3) is 4.52. The molecule has 2 fully saturated rings. The van der Waals surface area contributed by atoms with Crippen molar-refractivity contribution in [2.45, 2.75) is 50.5 Å². The Morgan fingerprint density at radius 1 is 0.935 bits per heavy atom. The highest BCUT2D eigenvalue weighted by molar-refractivity contribution is 5.47. The number of ether oxygens (including phenoxy) is 1. The Kier molecular flexibility index (Phi) is 6.30. The minimum atomic E-state index is 0.407.